The standard InChI is InChI=1S/C22H22N4O7S/c1-3-32-16-6-4-14(5-7-16)25-21(27)10-23-22(28)17-8-19(31-2)20(9-18(17)26(29)30)33-11-15-12-34-13-24-15/h4-9,12-13H,3,10-11H2,1-2H3,(H,23,28)(H,25,27). The van der Waals surface area contributed by atoms with Gasteiger partial charge in [-0.2, -0.15) is 0 Å². The number of hydrogen-bond donors (Lipinski definition) is 2. The molecule has 11 nitrogen and oxygen atoms in total. The second kappa shape index (κ2) is 11.6. The van der Waals surface area contributed by atoms with Crippen LogP contribution in [0.15, 0.2) is 47.3 Å². The molecule has 0 aliphatic carbocycles. The van der Waals surface area contributed by atoms with Crippen molar-refractivity contribution < 1.29 is 28.7 Å². The third-order valence-corrected chi connectivity index (χ3v) is 5.08. The van der Waals surface area contributed by atoms with Crippen molar-refractivity contribution >= 4 is 34.5 Å². The van der Waals surface area contributed by atoms with E-state index in [1.807, 2.05) is 6.92 Å². The van der Waals surface area contributed by atoms with Crippen LogP contribution in [0.2, 0.25) is 0 Å². The third kappa shape index (κ3) is 6.42. The highest BCUT2D eigenvalue weighted by Gasteiger charge is 2.25. The highest BCUT2D eigenvalue weighted by molar-refractivity contribution is 7.07. The van der Waals surface area contributed by atoms with Crippen molar-refractivity contribution in [1.29, 1.82) is 0 Å². The van der Waals surface area contributed by atoms with Crippen LogP contribution in [0.3, 0.4) is 0 Å². The maximum Gasteiger partial charge on any atom is 0.286 e. The van der Waals surface area contributed by atoms with Crippen LogP contribution in [0.5, 0.6) is 17.2 Å². The molecule has 3 aromatic rings. The number of nitro benzene ring substituents is 1. The summed E-state index contributed by atoms with van der Waals surface area (Å²) in [6.07, 6.45) is 0. The Balaban J connectivity index is 1.67. The molecule has 12 heteroatoms. The fourth-order valence-corrected chi connectivity index (χ4v) is 3.42. The molecule has 178 valence electrons. The molecule has 0 fully saturated rings. The van der Waals surface area contributed by atoms with Crippen molar-refractivity contribution in [1.82, 2.24) is 10.3 Å². The van der Waals surface area contributed by atoms with Gasteiger partial charge in [0.1, 0.15) is 17.9 Å². The van der Waals surface area contributed by atoms with Crippen molar-refractivity contribution in [3.8, 4) is 17.2 Å². The van der Waals surface area contributed by atoms with Crippen LogP contribution in [-0.4, -0.2) is 42.0 Å². The van der Waals surface area contributed by atoms with Crippen molar-refractivity contribution in [2.24, 2.45) is 0 Å². The van der Waals surface area contributed by atoms with Crippen LogP contribution in [0.1, 0.15) is 23.0 Å². The van der Waals surface area contributed by atoms with Crippen LogP contribution < -0.4 is 24.8 Å². The molecular weight excluding hydrogens is 464 g/mol. The second-order valence-electron chi connectivity index (χ2n) is 6.73. The summed E-state index contributed by atoms with van der Waals surface area (Å²) in [6, 6.07) is 9.03. The summed E-state index contributed by atoms with van der Waals surface area (Å²) in [5.74, 6) is -0.431. The Kier molecular flexibility index (Phi) is 8.35. The number of methoxy groups -OCH3 is 1. The average molecular weight is 487 g/mol. The zero-order valence-corrected chi connectivity index (χ0v) is 19.2. The Hall–Kier alpha value is -4.19. The number of aromatic nitrogens is 1. The van der Waals surface area contributed by atoms with E-state index in [0.717, 1.165) is 6.07 Å². The zero-order chi connectivity index (χ0) is 24.5. The third-order valence-electron chi connectivity index (χ3n) is 4.44. The maximum absolute atomic E-state index is 12.7. The van der Waals surface area contributed by atoms with Gasteiger partial charge in [0, 0.05) is 17.1 Å². The molecule has 0 aliphatic rings. The molecule has 0 saturated carbocycles. The van der Waals surface area contributed by atoms with Gasteiger partial charge in [0.2, 0.25) is 5.91 Å². The van der Waals surface area contributed by atoms with Gasteiger partial charge in [-0.3, -0.25) is 19.7 Å². The van der Waals surface area contributed by atoms with E-state index < -0.39 is 29.0 Å². The summed E-state index contributed by atoms with van der Waals surface area (Å²) in [5.41, 5.74) is 2.04. The molecule has 0 spiro atoms. The van der Waals surface area contributed by atoms with E-state index in [1.165, 1.54) is 24.5 Å². The average Bonchev–Trinajstić information content (AvgIpc) is 3.35. The minimum absolute atomic E-state index is 0.0777. The van der Waals surface area contributed by atoms with Crippen LogP contribution in [0.4, 0.5) is 11.4 Å². The first-order valence-electron chi connectivity index (χ1n) is 10.1. The van der Waals surface area contributed by atoms with E-state index in [9.17, 15) is 19.7 Å². The molecule has 2 N–H and O–H groups in total. The Labute approximate surface area is 198 Å². The maximum atomic E-state index is 12.7. The molecular formula is C22H22N4O7S. The lowest BCUT2D eigenvalue weighted by molar-refractivity contribution is -0.385. The van der Waals surface area contributed by atoms with Gasteiger partial charge in [0.25, 0.3) is 11.6 Å². The second-order valence-corrected chi connectivity index (χ2v) is 7.45. The fraction of sp³-hybridized carbons (Fsp3) is 0.227. The van der Waals surface area contributed by atoms with E-state index >= 15 is 0 Å². The van der Waals surface area contributed by atoms with Gasteiger partial charge in [-0.05, 0) is 31.2 Å². The lowest BCUT2D eigenvalue weighted by atomic mass is 10.1. The van der Waals surface area contributed by atoms with E-state index in [2.05, 4.69) is 15.6 Å². The highest BCUT2D eigenvalue weighted by Crippen LogP contribution is 2.35. The van der Waals surface area contributed by atoms with E-state index in [-0.39, 0.29) is 23.7 Å². The SMILES string of the molecule is CCOc1ccc(NC(=O)CNC(=O)c2cc(OC)c(OCc3cscn3)cc2[N+](=O)[O-])cc1. The minimum Gasteiger partial charge on any atom is -0.494 e. The van der Waals surface area contributed by atoms with E-state index in [0.29, 0.717) is 23.7 Å². The molecule has 0 radical (unpaired) electrons. The summed E-state index contributed by atoms with van der Waals surface area (Å²) in [7, 11) is 1.35. The predicted octanol–water partition coefficient (Wildman–Crippen LogP) is 3.41. The van der Waals surface area contributed by atoms with Crippen molar-refractivity contribution in [2.45, 2.75) is 13.5 Å². The molecule has 1 aromatic heterocycles. The molecule has 34 heavy (non-hydrogen) atoms. The topological polar surface area (TPSA) is 142 Å². The molecule has 0 atom stereocenters. The van der Waals surface area contributed by atoms with Gasteiger partial charge in [0.15, 0.2) is 11.5 Å². The lowest BCUT2D eigenvalue weighted by Crippen LogP contribution is -2.33. The number of anilines is 1. The number of nitrogens with one attached hydrogen (secondary N) is 2. The van der Waals surface area contributed by atoms with Crippen molar-refractivity contribution in [3.05, 3.63) is 68.7 Å². The Morgan fingerprint density at radius 1 is 1.15 bits per heavy atom. The summed E-state index contributed by atoms with van der Waals surface area (Å²) >= 11 is 1.39. The number of thiazole rings is 1. The fourth-order valence-electron chi connectivity index (χ4n) is 2.88. The van der Waals surface area contributed by atoms with Gasteiger partial charge in [-0.1, -0.05) is 0 Å². The smallest absolute Gasteiger partial charge is 0.286 e. The summed E-state index contributed by atoms with van der Waals surface area (Å²) in [4.78, 5) is 39.8. The van der Waals surface area contributed by atoms with Gasteiger partial charge in [-0.15, -0.1) is 11.3 Å². The van der Waals surface area contributed by atoms with Crippen LogP contribution >= 0.6 is 11.3 Å². The number of nitro groups is 1. The van der Waals surface area contributed by atoms with E-state index in [4.69, 9.17) is 14.2 Å². The first kappa shape index (κ1) is 24.5. The number of hydrogen-bond acceptors (Lipinski definition) is 9. The monoisotopic (exact) mass is 486 g/mol. The molecule has 2 amide bonds. The molecule has 3 rings (SSSR count). The van der Waals surface area contributed by atoms with Crippen molar-refractivity contribution in [2.75, 3.05) is 25.6 Å². The van der Waals surface area contributed by atoms with Crippen LogP contribution in [0.25, 0.3) is 0 Å². The molecule has 0 saturated heterocycles. The number of carbonyl (C=O) groups excluding carboxylic acids is 2. The Morgan fingerprint density at radius 2 is 1.91 bits per heavy atom. The number of nitrogens with zero attached hydrogens (tertiary/aromatic N) is 2. The first-order valence-corrected chi connectivity index (χ1v) is 11.0. The molecule has 0 unspecified atom stereocenters. The summed E-state index contributed by atoms with van der Waals surface area (Å²) in [5, 5.41) is 18.4. The number of carbonyl (C=O) groups is 2. The Morgan fingerprint density at radius 3 is 2.53 bits per heavy atom. The number of ether oxygens (including phenoxy) is 3. The highest BCUT2D eigenvalue weighted by atomic mass is 32.1. The molecule has 0 aliphatic heterocycles. The van der Waals surface area contributed by atoms with Crippen molar-refractivity contribution in [3.63, 3.8) is 0 Å². The van der Waals surface area contributed by atoms with Gasteiger partial charge in [0.05, 0.1) is 42.5 Å². The number of rotatable bonds is 11. The van der Waals surface area contributed by atoms with E-state index in [1.54, 1.807) is 35.2 Å². The zero-order valence-electron chi connectivity index (χ0n) is 18.4. The first-order chi connectivity index (χ1) is 16.4. The number of benzene rings is 2. The van der Waals surface area contributed by atoms with Gasteiger partial charge >= 0.3 is 0 Å². The number of amides is 2. The minimum atomic E-state index is -0.808. The normalized spacial score (nSPS) is 10.3. The molecule has 0 bridgehead atoms. The molecule has 2 aromatic carbocycles. The van der Waals surface area contributed by atoms with Gasteiger partial charge < -0.3 is 24.8 Å². The molecule has 1 heterocycles. The summed E-state index contributed by atoms with van der Waals surface area (Å²) in [6.45, 7) is 2.07. The van der Waals surface area contributed by atoms with Gasteiger partial charge in [-0.25, -0.2) is 4.98 Å². The largest absolute Gasteiger partial charge is 0.494 e. The lowest BCUT2D eigenvalue weighted by Gasteiger charge is -2.12. The van der Waals surface area contributed by atoms with Crippen LogP contribution in [-0.2, 0) is 11.4 Å². The Bertz CT molecular complexity index is 1150. The predicted molar refractivity (Wildman–Crippen MR) is 125 cm³/mol. The quantitative estimate of drug-likeness (QED) is 0.310. The van der Waals surface area contributed by atoms with Crippen LogP contribution in [0, 0.1) is 10.1 Å². The summed E-state index contributed by atoms with van der Waals surface area (Å²) < 4.78 is 16.2.